The summed E-state index contributed by atoms with van der Waals surface area (Å²) >= 11 is 1.54. The largest absolute Gasteiger partial charge is 0.305 e. The van der Waals surface area contributed by atoms with E-state index in [1.165, 1.54) is 29.7 Å². The predicted octanol–water partition coefficient (Wildman–Crippen LogP) is 3.52. The van der Waals surface area contributed by atoms with Gasteiger partial charge in [0.2, 0.25) is 5.91 Å². The summed E-state index contributed by atoms with van der Waals surface area (Å²) in [5, 5.41) is 0. The number of rotatable bonds is 5. The van der Waals surface area contributed by atoms with Crippen LogP contribution in [0.3, 0.4) is 0 Å². The topological polar surface area (TPSA) is 34.4 Å². The highest BCUT2D eigenvalue weighted by Gasteiger charge is 2.07. The molecule has 0 N–H and O–H groups in total. The van der Waals surface area contributed by atoms with E-state index in [9.17, 15) is 4.79 Å². The number of thiazole rings is 1. The molecular formula is C17H20N2OS. The molecule has 1 aromatic heterocycles. The van der Waals surface area contributed by atoms with Gasteiger partial charge in [0.15, 0.2) is 4.80 Å². The van der Waals surface area contributed by atoms with Crippen LogP contribution in [0.15, 0.2) is 23.2 Å². The lowest BCUT2D eigenvalue weighted by Crippen LogP contribution is -2.16. The van der Waals surface area contributed by atoms with Crippen LogP contribution in [0, 0.1) is 12.3 Å². The Bertz CT molecular complexity index is 746. The zero-order valence-corrected chi connectivity index (χ0v) is 13.4. The maximum Gasteiger partial charge on any atom is 0.248 e. The third kappa shape index (κ3) is 3.62. The first-order valence-corrected chi connectivity index (χ1v) is 8.14. The molecule has 1 heterocycles. The summed E-state index contributed by atoms with van der Waals surface area (Å²) in [5.41, 5.74) is 2.38. The number of aryl methyl sites for hydroxylation is 1. The molecule has 0 aliphatic carbocycles. The molecule has 0 spiro atoms. The lowest BCUT2D eigenvalue weighted by Gasteiger charge is -2.02. The van der Waals surface area contributed by atoms with E-state index in [-0.39, 0.29) is 5.91 Å². The average Bonchev–Trinajstić information content (AvgIpc) is 2.82. The summed E-state index contributed by atoms with van der Waals surface area (Å²) < 4.78 is 3.08. The Morgan fingerprint density at radius 3 is 2.90 bits per heavy atom. The number of aromatic nitrogens is 1. The quantitative estimate of drug-likeness (QED) is 0.778. The van der Waals surface area contributed by atoms with Crippen LogP contribution in [-0.2, 0) is 17.8 Å². The molecule has 0 saturated carbocycles. The van der Waals surface area contributed by atoms with Crippen LogP contribution in [0.1, 0.15) is 38.7 Å². The molecule has 3 nitrogen and oxygen atoms in total. The van der Waals surface area contributed by atoms with Crippen molar-refractivity contribution in [1.29, 1.82) is 0 Å². The van der Waals surface area contributed by atoms with Gasteiger partial charge in [0.1, 0.15) is 0 Å². The zero-order valence-electron chi connectivity index (χ0n) is 12.6. The number of unbranched alkanes of at least 4 members (excludes halogenated alkanes) is 1. The first kappa shape index (κ1) is 15.5. The van der Waals surface area contributed by atoms with Crippen LogP contribution in [0.4, 0.5) is 0 Å². The highest BCUT2D eigenvalue weighted by Crippen LogP contribution is 2.20. The summed E-state index contributed by atoms with van der Waals surface area (Å²) in [7, 11) is 0. The summed E-state index contributed by atoms with van der Waals surface area (Å²) in [4.78, 5) is 16.5. The lowest BCUT2D eigenvalue weighted by molar-refractivity contribution is -0.117. The van der Waals surface area contributed by atoms with Crippen molar-refractivity contribution < 1.29 is 4.79 Å². The predicted molar refractivity (Wildman–Crippen MR) is 88.1 cm³/mol. The highest BCUT2D eigenvalue weighted by molar-refractivity contribution is 7.16. The van der Waals surface area contributed by atoms with Crippen LogP contribution >= 0.6 is 11.3 Å². The second kappa shape index (κ2) is 7.24. The van der Waals surface area contributed by atoms with E-state index in [2.05, 4.69) is 36.0 Å². The van der Waals surface area contributed by atoms with Gasteiger partial charge in [-0.15, -0.1) is 6.42 Å². The van der Waals surface area contributed by atoms with E-state index in [0.29, 0.717) is 17.8 Å². The number of hydrogen-bond acceptors (Lipinski definition) is 2. The first-order valence-electron chi connectivity index (χ1n) is 7.32. The number of hydrogen-bond donors (Lipinski definition) is 0. The highest BCUT2D eigenvalue weighted by atomic mass is 32.1. The van der Waals surface area contributed by atoms with Crippen molar-refractivity contribution in [2.45, 2.75) is 46.1 Å². The molecular weight excluding hydrogens is 280 g/mol. The molecule has 0 aliphatic heterocycles. The second-order valence-corrected chi connectivity index (χ2v) is 5.95. The van der Waals surface area contributed by atoms with E-state index in [1.807, 2.05) is 11.5 Å². The van der Waals surface area contributed by atoms with Gasteiger partial charge in [0, 0.05) is 6.42 Å². The van der Waals surface area contributed by atoms with Gasteiger partial charge in [-0.3, -0.25) is 4.79 Å². The van der Waals surface area contributed by atoms with Crippen molar-refractivity contribution in [3.05, 3.63) is 28.6 Å². The summed E-state index contributed by atoms with van der Waals surface area (Å²) in [6, 6.07) is 6.42. The molecule has 2 aromatic rings. The Morgan fingerprint density at radius 2 is 2.24 bits per heavy atom. The number of carbonyl (C=O) groups excluding carboxylic acids is 1. The molecule has 1 amide bonds. The Morgan fingerprint density at radius 1 is 1.43 bits per heavy atom. The normalized spacial score (nSPS) is 11.8. The van der Waals surface area contributed by atoms with Crippen molar-refractivity contribution >= 4 is 27.5 Å². The van der Waals surface area contributed by atoms with Gasteiger partial charge in [0.25, 0.3) is 0 Å². The first-order chi connectivity index (χ1) is 10.2. The Kier molecular flexibility index (Phi) is 5.35. The molecule has 0 atom stereocenters. The van der Waals surface area contributed by atoms with Crippen molar-refractivity contribution in [2.75, 3.05) is 0 Å². The minimum absolute atomic E-state index is 0.112. The van der Waals surface area contributed by atoms with E-state index in [0.717, 1.165) is 16.6 Å². The fourth-order valence-corrected chi connectivity index (χ4v) is 3.28. The van der Waals surface area contributed by atoms with Crippen LogP contribution in [0.5, 0.6) is 0 Å². The van der Waals surface area contributed by atoms with Gasteiger partial charge in [-0.1, -0.05) is 43.6 Å². The zero-order chi connectivity index (χ0) is 15.2. The molecule has 0 bridgehead atoms. The van der Waals surface area contributed by atoms with Crippen LogP contribution in [0.2, 0.25) is 0 Å². The Labute approximate surface area is 129 Å². The lowest BCUT2D eigenvalue weighted by atomic mass is 10.1. The SMILES string of the molecule is C#CCn1c(=NC(=O)CC)sc2cc(CCCC)ccc21. The van der Waals surface area contributed by atoms with Crippen LogP contribution in [0.25, 0.3) is 10.2 Å². The Hall–Kier alpha value is -1.86. The van der Waals surface area contributed by atoms with Crippen molar-refractivity contribution in [3.8, 4) is 12.3 Å². The van der Waals surface area contributed by atoms with Crippen molar-refractivity contribution in [3.63, 3.8) is 0 Å². The maximum atomic E-state index is 11.6. The summed E-state index contributed by atoms with van der Waals surface area (Å²) in [6.45, 7) is 4.44. The molecule has 1 aromatic carbocycles. The number of amides is 1. The molecule has 110 valence electrons. The minimum atomic E-state index is -0.112. The Balaban J connectivity index is 2.54. The molecule has 0 radical (unpaired) electrons. The molecule has 0 unspecified atom stereocenters. The van der Waals surface area contributed by atoms with Crippen LogP contribution < -0.4 is 4.80 Å². The van der Waals surface area contributed by atoms with E-state index < -0.39 is 0 Å². The number of carbonyl (C=O) groups is 1. The van der Waals surface area contributed by atoms with Crippen molar-refractivity contribution in [1.82, 2.24) is 4.57 Å². The third-order valence-electron chi connectivity index (χ3n) is 3.34. The van der Waals surface area contributed by atoms with Gasteiger partial charge in [-0.25, -0.2) is 0 Å². The van der Waals surface area contributed by atoms with E-state index in [1.54, 1.807) is 0 Å². The van der Waals surface area contributed by atoms with Gasteiger partial charge in [0.05, 0.1) is 16.8 Å². The number of fused-ring (bicyclic) bond motifs is 1. The van der Waals surface area contributed by atoms with E-state index in [4.69, 9.17) is 6.42 Å². The number of nitrogens with zero attached hydrogens (tertiary/aromatic N) is 2. The molecule has 0 aliphatic rings. The van der Waals surface area contributed by atoms with Gasteiger partial charge < -0.3 is 4.57 Å². The number of benzene rings is 1. The summed E-state index contributed by atoms with van der Waals surface area (Å²) in [6.07, 6.45) is 9.31. The van der Waals surface area contributed by atoms with Crippen LogP contribution in [-0.4, -0.2) is 10.5 Å². The summed E-state index contributed by atoms with van der Waals surface area (Å²) in [5.74, 6) is 2.53. The standard InChI is InChI=1S/C17H20N2OS/c1-4-7-8-13-9-10-14-15(12-13)21-17(18-16(20)6-3)19(14)11-5-2/h2,9-10,12H,4,6-8,11H2,1,3H3. The third-order valence-corrected chi connectivity index (χ3v) is 4.38. The fraction of sp³-hybridized carbons (Fsp3) is 0.412. The molecule has 21 heavy (non-hydrogen) atoms. The van der Waals surface area contributed by atoms with Gasteiger partial charge >= 0.3 is 0 Å². The van der Waals surface area contributed by atoms with Gasteiger partial charge in [-0.05, 0) is 30.5 Å². The smallest absolute Gasteiger partial charge is 0.248 e. The van der Waals surface area contributed by atoms with Gasteiger partial charge in [-0.2, -0.15) is 4.99 Å². The number of terminal acetylenes is 1. The molecule has 0 fully saturated rings. The molecule has 4 heteroatoms. The maximum absolute atomic E-state index is 11.6. The second-order valence-electron chi connectivity index (χ2n) is 4.94. The fourth-order valence-electron chi connectivity index (χ4n) is 2.17. The monoisotopic (exact) mass is 300 g/mol. The molecule has 0 saturated heterocycles. The molecule has 2 rings (SSSR count). The average molecular weight is 300 g/mol. The van der Waals surface area contributed by atoms with E-state index >= 15 is 0 Å². The van der Waals surface area contributed by atoms with Crippen molar-refractivity contribution in [2.24, 2.45) is 4.99 Å². The minimum Gasteiger partial charge on any atom is -0.305 e.